The predicted octanol–water partition coefficient (Wildman–Crippen LogP) is 8.06. The minimum Gasteiger partial charge on any atom is -0.330 e. The smallest absolute Gasteiger partial charge is 0.0372 e. The van der Waals surface area contributed by atoms with Crippen LogP contribution >= 0.6 is 11.3 Å². The van der Waals surface area contributed by atoms with Gasteiger partial charge in [-0.05, 0) is 96.5 Å². The molecule has 1 aliphatic carbocycles. The molecular weight excluding hydrogens is 382 g/mol. The summed E-state index contributed by atoms with van der Waals surface area (Å²) < 4.78 is 0. The Bertz CT molecular complexity index is 1050. The monoisotopic (exact) mass is 417 g/mol. The molecule has 0 aliphatic heterocycles. The molecule has 2 heteroatoms. The summed E-state index contributed by atoms with van der Waals surface area (Å²) in [4.78, 5) is 1.28. The summed E-state index contributed by atoms with van der Waals surface area (Å²) in [6.07, 6.45) is 2.43. The van der Waals surface area contributed by atoms with E-state index in [1.165, 1.54) is 62.2 Å². The minimum atomic E-state index is 0.236. The van der Waals surface area contributed by atoms with E-state index in [2.05, 4.69) is 76.1 Å². The third-order valence-electron chi connectivity index (χ3n) is 6.40. The van der Waals surface area contributed by atoms with Crippen LogP contribution in [-0.4, -0.2) is 6.54 Å². The number of allylic oxidation sites excluding steroid dienone is 1. The van der Waals surface area contributed by atoms with E-state index in [9.17, 15) is 0 Å². The van der Waals surface area contributed by atoms with E-state index >= 15 is 0 Å². The molecule has 1 saturated carbocycles. The van der Waals surface area contributed by atoms with Gasteiger partial charge in [0.05, 0.1) is 0 Å². The maximum Gasteiger partial charge on any atom is 0.0372 e. The molecule has 1 aromatic heterocycles. The van der Waals surface area contributed by atoms with Gasteiger partial charge < -0.3 is 5.73 Å². The van der Waals surface area contributed by atoms with Gasteiger partial charge in [-0.15, -0.1) is 11.3 Å². The number of hydrogen-bond acceptors (Lipinski definition) is 2. The number of benzene rings is 2. The van der Waals surface area contributed by atoms with Crippen molar-refractivity contribution in [1.82, 2.24) is 0 Å². The van der Waals surface area contributed by atoms with Crippen LogP contribution in [-0.2, 0) is 5.41 Å². The Morgan fingerprint density at radius 1 is 1.00 bits per heavy atom. The van der Waals surface area contributed by atoms with Gasteiger partial charge in [0, 0.05) is 22.4 Å². The lowest BCUT2D eigenvalue weighted by Gasteiger charge is -2.20. The second kappa shape index (κ2) is 8.91. The minimum absolute atomic E-state index is 0.236. The van der Waals surface area contributed by atoms with E-state index in [1.807, 2.05) is 13.8 Å². The maximum atomic E-state index is 6.04. The number of hydrogen-bond donors (Lipinski definition) is 1. The van der Waals surface area contributed by atoms with Crippen LogP contribution in [0.15, 0.2) is 48.4 Å². The van der Waals surface area contributed by atoms with Crippen molar-refractivity contribution in [1.29, 1.82) is 0 Å². The summed E-state index contributed by atoms with van der Waals surface area (Å²) in [6.45, 7) is 17.8. The van der Waals surface area contributed by atoms with E-state index in [4.69, 9.17) is 5.73 Å². The Hall–Kier alpha value is -2.16. The average Bonchev–Trinajstić information content (AvgIpc) is 3.40. The van der Waals surface area contributed by atoms with Gasteiger partial charge in [-0.3, -0.25) is 0 Å². The molecule has 1 nitrogen and oxygen atoms in total. The number of thiophene rings is 1. The summed E-state index contributed by atoms with van der Waals surface area (Å²) >= 11 is 1.78. The molecule has 158 valence electrons. The molecular formula is C28H35NS. The molecule has 30 heavy (non-hydrogen) atoms. The molecule has 0 unspecified atom stereocenters. The van der Waals surface area contributed by atoms with Crippen molar-refractivity contribution in [3.05, 3.63) is 75.5 Å². The molecule has 0 radical (unpaired) electrons. The second-order valence-electron chi connectivity index (χ2n) is 8.39. The number of nitrogens with two attached hydrogens (primary N) is 1. The Balaban J connectivity index is 0.00000124. The van der Waals surface area contributed by atoms with E-state index in [0.29, 0.717) is 0 Å². The fraction of sp³-hybridized carbons (Fsp3) is 0.357. The molecule has 0 saturated heterocycles. The fourth-order valence-corrected chi connectivity index (χ4v) is 5.22. The lowest BCUT2D eigenvalue weighted by Crippen LogP contribution is -2.19. The van der Waals surface area contributed by atoms with Gasteiger partial charge >= 0.3 is 0 Å². The summed E-state index contributed by atoms with van der Waals surface area (Å²) in [6, 6.07) is 13.7. The predicted molar refractivity (Wildman–Crippen MR) is 135 cm³/mol. The van der Waals surface area contributed by atoms with Crippen molar-refractivity contribution >= 4 is 16.9 Å². The molecule has 3 aromatic rings. The molecule has 2 N–H and O–H groups in total. The first-order valence-electron chi connectivity index (χ1n) is 11.0. The lowest BCUT2D eigenvalue weighted by atomic mass is 9.84. The average molecular weight is 418 g/mol. The first-order chi connectivity index (χ1) is 14.4. The number of rotatable bonds is 5. The summed E-state index contributed by atoms with van der Waals surface area (Å²) in [5.74, 6) is 0. The van der Waals surface area contributed by atoms with Gasteiger partial charge in [-0.25, -0.2) is 0 Å². The van der Waals surface area contributed by atoms with Crippen LogP contribution in [0, 0.1) is 20.8 Å². The van der Waals surface area contributed by atoms with E-state index in [-0.39, 0.29) is 5.41 Å². The highest BCUT2D eigenvalue weighted by Gasteiger charge is 2.42. The molecule has 4 rings (SSSR count). The quantitative estimate of drug-likeness (QED) is 0.446. The van der Waals surface area contributed by atoms with Crippen LogP contribution in [0.25, 0.3) is 27.8 Å². The van der Waals surface area contributed by atoms with Crippen molar-refractivity contribution in [2.45, 2.75) is 59.8 Å². The van der Waals surface area contributed by atoms with Crippen LogP contribution in [0.2, 0.25) is 0 Å². The molecule has 0 spiro atoms. The zero-order chi connectivity index (χ0) is 22.1. The normalized spacial score (nSPS) is 14.1. The second-order valence-corrected chi connectivity index (χ2v) is 9.31. The molecule has 1 aliphatic rings. The molecule has 2 aromatic carbocycles. The van der Waals surface area contributed by atoms with Gasteiger partial charge in [0.25, 0.3) is 0 Å². The Morgan fingerprint density at radius 3 is 2.17 bits per heavy atom. The summed E-state index contributed by atoms with van der Waals surface area (Å²) in [7, 11) is 0. The molecule has 0 bridgehead atoms. The third-order valence-corrected chi connectivity index (χ3v) is 7.47. The van der Waals surface area contributed by atoms with Crippen LogP contribution in [0.5, 0.6) is 0 Å². The highest BCUT2D eigenvalue weighted by molar-refractivity contribution is 7.11. The first-order valence-corrected chi connectivity index (χ1v) is 11.9. The molecule has 1 heterocycles. The van der Waals surface area contributed by atoms with Gasteiger partial charge in [-0.2, -0.15) is 0 Å². The van der Waals surface area contributed by atoms with Crippen molar-refractivity contribution in [3.63, 3.8) is 0 Å². The van der Waals surface area contributed by atoms with Crippen molar-refractivity contribution < 1.29 is 0 Å². The first kappa shape index (κ1) is 22.5. The fourth-order valence-electron chi connectivity index (χ4n) is 4.38. The molecule has 0 atom stereocenters. The third kappa shape index (κ3) is 3.91. The standard InChI is InChI=1S/C26H29NS.C2H6/c1-16(2)25-22(10-13-28-25)24-19(5)17(3)14-18(4)23(24)20-6-8-21(9-7-20)26(15-27)11-12-26;1-2/h6-10,13-14H,1,11-12,15,27H2,2-5H3;1-2H3. The van der Waals surface area contributed by atoms with Gasteiger partial charge in [0.1, 0.15) is 0 Å². The lowest BCUT2D eigenvalue weighted by molar-refractivity contribution is 0.705. The van der Waals surface area contributed by atoms with Crippen LogP contribution in [0.4, 0.5) is 0 Å². The zero-order valence-electron chi connectivity index (χ0n) is 19.4. The van der Waals surface area contributed by atoms with Crippen LogP contribution in [0.1, 0.15) is 60.7 Å². The van der Waals surface area contributed by atoms with Crippen LogP contribution in [0.3, 0.4) is 0 Å². The van der Waals surface area contributed by atoms with E-state index in [1.54, 1.807) is 11.3 Å². The summed E-state index contributed by atoms with van der Waals surface area (Å²) in [5, 5.41) is 2.18. The Kier molecular flexibility index (Phi) is 6.69. The van der Waals surface area contributed by atoms with Gasteiger partial charge in [0.2, 0.25) is 0 Å². The highest BCUT2D eigenvalue weighted by Crippen LogP contribution is 2.48. The topological polar surface area (TPSA) is 26.0 Å². The van der Waals surface area contributed by atoms with E-state index < -0.39 is 0 Å². The largest absolute Gasteiger partial charge is 0.330 e. The highest BCUT2D eigenvalue weighted by atomic mass is 32.1. The van der Waals surface area contributed by atoms with E-state index in [0.717, 1.165) is 12.1 Å². The van der Waals surface area contributed by atoms with Gasteiger partial charge in [0.15, 0.2) is 0 Å². The summed E-state index contributed by atoms with van der Waals surface area (Å²) in [5.41, 5.74) is 18.1. The Morgan fingerprint density at radius 2 is 1.63 bits per heavy atom. The SMILES string of the molecule is C=C(C)c1sccc1-c1c(C)c(C)cc(C)c1-c1ccc(C2(CN)CC2)cc1.CC. The zero-order valence-corrected chi connectivity index (χ0v) is 20.2. The molecule has 0 amide bonds. The Labute approximate surface area is 186 Å². The van der Waals surface area contributed by atoms with Crippen molar-refractivity contribution in [2.24, 2.45) is 5.73 Å². The van der Waals surface area contributed by atoms with Crippen molar-refractivity contribution in [3.8, 4) is 22.3 Å². The molecule has 1 fully saturated rings. The number of aryl methyl sites for hydroxylation is 2. The van der Waals surface area contributed by atoms with Crippen molar-refractivity contribution in [2.75, 3.05) is 6.54 Å². The van der Waals surface area contributed by atoms with Crippen LogP contribution < -0.4 is 5.73 Å². The van der Waals surface area contributed by atoms with Gasteiger partial charge in [-0.1, -0.05) is 50.8 Å². The maximum absolute atomic E-state index is 6.04.